The smallest absolute Gasteiger partial charge is 0.212 e. The van der Waals surface area contributed by atoms with E-state index in [-0.39, 0.29) is 0 Å². The summed E-state index contributed by atoms with van der Waals surface area (Å²) < 4.78 is 4.91. The van der Waals surface area contributed by atoms with Gasteiger partial charge in [0.25, 0.3) is 0 Å². The number of aliphatic hydroxyl groups is 1. The lowest BCUT2D eigenvalue weighted by Crippen LogP contribution is -2.24. The van der Waals surface area contributed by atoms with Crippen LogP contribution in [-0.2, 0) is 10.5 Å². The summed E-state index contributed by atoms with van der Waals surface area (Å²) in [4.78, 5) is 0. The fourth-order valence-electron chi connectivity index (χ4n) is 0.996. The van der Waals surface area contributed by atoms with Gasteiger partial charge in [0.2, 0.25) is 5.79 Å². The minimum Gasteiger partial charge on any atom is -0.359 e. The van der Waals surface area contributed by atoms with E-state index in [1.54, 1.807) is 12.1 Å². The van der Waals surface area contributed by atoms with Crippen molar-refractivity contribution in [1.82, 2.24) is 0 Å². The van der Waals surface area contributed by atoms with Gasteiger partial charge in [-0.1, -0.05) is 36.9 Å². The van der Waals surface area contributed by atoms with E-state index < -0.39 is 5.79 Å². The third-order valence-corrected chi connectivity index (χ3v) is 1.78. The lowest BCUT2D eigenvalue weighted by atomic mass is 10.1. The Morgan fingerprint density at radius 1 is 1.42 bits per heavy atom. The van der Waals surface area contributed by atoms with E-state index in [4.69, 9.17) is 4.74 Å². The molecular weight excluding hydrogens is 152 g/mol. The summed E-state index contributed by atoms with van der Waals surface area (Å²) in [6.07, 6.45) is 1.36. The fraction of sp³-hybridized carbons (Fsp3) is 0.200. The van der Waals surface area contributed by atoms with Crippen molar-refractivity contribution in [2.75, 3.05) is 7.11 Å². The quantitative estimate of drug-likeness (QED) is 0.544. The zero-order valence-corrected chi connectivity index (χ0v) is 7.03. The van der Waals surface area contributed by atoms with Crippen molar-refractivity contribution in [2.24, 2.45) is 0 Å². The molecular formula is C10H12O2. The van der Waals surface area contributed by atoms with Crippen LogP contribution in [0.25, 0.3) is 0 Å². The molecule has 0 aliphatic heterocycles. The number of hydrogen-bond donors (Lipinski definition) is 1. The summed E-state index contributed by atoms with van der Waals surface area (Å²) in [5.74, 6) is -1.36. The Hall–Kier alpha value is -1.12. The second-order valence-corrected chi connectivity index (χ2v) is 2.47. The highest BCUT2D eigenvalue weighted by atomic mass is 16.6. The number of ether oxygens (including phenoxy) is 1. The molecule has 0 aliphatic carbocycles. The predicted molar refractivity (Wildman–Crippen MR) is 47.5 cm³/mol. The Kier molecular flexibility index (Phi) is 2.63. The molecule has 0 spiro atoms. The molecule has 1 aromatic carbocycles. The molecule has 0 heterocycles. The van der Waals surface area contributed by atoms with Crippen molar-refractivity contribution in [3.8, 4) is 0 Å². The predicted octanol–water partition coefficient (Wildman–Crippen LogP) is 1.66. The average Bonchev–Trinajstić information content (AvgIpc) is 2.18. The van der Waals surface area contributed by atoms with E-state index in [1.165, 1.54) is 13.2 Å². The molecule has 1 rings (SSSR count). The Bertz CT molecular complexity index is 256. The van der Waals surface area contributed by atoms with Gasteiger partial charge < -0.3 is 9.84 Å². The van der Waals surface area contributed by atoms with E-state index >= 15 is 0 Å². The van der Waals surface area contributed by atoms with E-state index in [2.05, 4.69) is 6.58 Å². The van der Waals surface area contributed by atoms with Crippen LogP contribution < -0.4 is 0 Å². The summed E-state index contributed by atoms with van der Waals surface area (Å²) in [6, 6.07) is 9.12. The van der Waals surface area contributed by atoms with Crippen LogP contribution >= 0.6 is 0 Å². The van der Waals surface area contributed by atoms with Gasteiger partial charge in [-0.3, -0.25) is 0 Å². The molecule has 0 aromatic heterocycles. The first-order valence-electron chi connectivity index (χ1n) is 3.69. The molecule has 1 unspecified atom stereocenters. The maximum absolute atomic E-state index is 9.76. The maximum atomic E-state index is 9.76. The summed E-state index contributed by atoms with van der Waals surface area (Å²) in [7, 11) is 1.44. The lowest BCUT2D eigenvalue weighted by molar-refractivity contribution is -0.153. The lowest BCUT2D eigenvalue weighted by Gasteiger charge is -2.22. The second kappa shape index (κ2) is 3.52. The minimum atomic E-state index is -1.36. The molecule has 1 aromatic rings. The van der Waals surface area contributed by atoms with Gasteiger partial charge >= 0.3 is 0 Å². The monoisotopic (exact) mass is 164 g/mol. The summed E-state index contributed by atoms with van der Waals surface area (Å²) in [5, 5.41) is 9.76. The summed E-state index contributed by atoms with van der Waals surface area (Å²) >= 11 is 0. The van der Waals surface area contributed by atoms with Crippen LogP contribution in [0.4, 0.5) is 0 Å². The number of hydrogen-bond acceptors (Lipinski definition) is 2. The SMILES string of the molecule is C=CC(O)(OC)c1ccccc1. The standard InChI is InChI=1S/C10H12O2/c1-3-10(11,12-2)9-7-5-4-6-8-9/h3-8,11H,1H2,2H3. The van der Waals surface area contributed by atoms with Gasteiger partial charge in [-0.2, -0.15) is 0 Å². The van der Waals surface area contributed by atoms with Gasteiger partial charge in [0.05, 0.1) is 0 Å². The van der Waals surface area contributed by atoms with Crippen molar-refractivity contribution in [1.29, 1.82) is 0 Å². The van der Waals surface area contributed by atoms with Crippen molar-refractivity contribution in [3.63, 3.8) is 0 Å². The highest BCUT2D eigenvalue weighted by Gasteiger charge is 2.23. The molecule has 12 heavy (non-hydrogen) atoms. The zero-order chi connectivity index (χ0) is 9.03. The Labute approximate surface area is 72.1 Å². The summed E-state index contributed by atoms with van der Waals surface area (Å²) in [6.45, 7) is 3.50. The highest BCUT2D eigenvalue weighted by Crippen LogP contribution is 2.21. The molecule has 0 saturated heterocycles. The number of rotatable bonds is 3. The van der Waals surface area contributed by atoms with Crippen LogP contribution in [0.2, 0.25) is 0 Å². The van der Waals surface area contributed by atoms with Gasteiger partial charge in [-0.05, 0) is 6.08 Å². The van der Waals surface area contributed by atoms with E-state index in [9.17, 15) is 5.11 Å². The molecule has 0 amide bonds. The topological polar surface area (TPSA) is 29.5 Å². The van der Waals surface area contributed by atoms with Gasteiger partial charge in [-0.25, -0.2) is 0 Å². The molecule has 0 radical (unpaired) electrons. The van der Waals surface area contributed by atoms with Crippen LogP contribution in [0.5, 0.6) is 0 Å². The number of benzene rings is 1. The van der Waals surface area contributed by atoms with Crippen molar-refractivity contribution < 1.29 is 9.84 Å². The molecule has 0 fully saturated rings. The third-order valence-electron chi connectivity index (χ3n) is 1.78. The van der Waals surface area contributed by atoms with Gasteiger partial charge in [0.1, 0.15) is 0 Å². The molecule has 2 heteroatoms. The van der Waals surface area contributed by atoms with Crippen LogP contribution in [0.15, 0.2) is 43.0 Å². The molecule has 2 nitrogen and oxygen atoms in total. The molecule has 1 N–H and O–H groups in total. The van der Waals surface area contributed by atoms with E-state index in [0.717, 1.165) is 0 Å². The molecule has 0 saturated carbocycles. The Morgan fingerprint density at radius 3 is 2.42 bits per heavy atom. The normalized spacial score (nSPS) is 15.2. The molecule has 0 bridgehead atoms. The van der Waals surface area contributed by atoms with Crippen molar-refractivity contribution in [2.45, 2.75) is 5.79 Å². The zero-order valence-electron chi connectivity index (χ0n) is 7.03. The Morgan fingerprint density at radius 2 is 2.00 bits per heavy atom. The number of methoxy groups -OCH3 is 1. The van der Waals surface area contributed by atoms with Gasteiger partial charge in [-0.15, -0.1) is 0 Å². The van der Waals surface area contributed by atoms with Gasteiger partial charge in [0, 0.05) is 12.7 Å². The fourth-order valence-corrected chi connectivity index (χ4v) is 0.996. The first-order valence-corrected chi connectivity index (χ1v) is 3.69. The highest BCUT2D eigenvalue weighted by molar-refractivity contribution is 5.23. The Balaban J connectivity index is 3.03. The van der Waals surface area contributed by atoms with Crippen LogP contribution in [-0.4, -0.2) is 12.2 Å². The molecule has 0 aliphatic rings. The maximum Gasteiger partial charge on any atom is 0.212 e. The minimum absolute atomic E-state index is 0.683. The van der Waals surface area contributed by atoms with Crippen molar-refractivity contribution >= 4 is 0 Å². The third kappa shape index (κ3) is 1.55. The largest absolute Gasteiger partial charge is 0.359 e. The first-order chi connectivity index (χ1) is 5.73. The second-order valence-electron chi connectivity index (χ2n) is 2.47. The molecule has 1 atom stereocenters. The first kappa shape index (κ1) is 8.97. The molecule has 64 valence electrons. The van der Waals surface area contributed by atoms with Gasteiger partial charge in [0.15, 0.2) is 0 Å². The van der Waals surface area contributed by atoms with Crippen LogP contribution in [0, 0.1) is 0 Å². The van der Waals surface area contributed by atoms with E-state index in [0.29, 0.717) is 5.56 Å². The van der Waals surface area contributed by atoms with Crippen LogP contribution in [0.1, 0.15) is 5.56 Å². The van der Waals surface area contributed by atoms with Crippen molar-refractivity contribution in [3.05, 3.63) is 48.6 Å². The average molecular weight is 164 g/mol. The summed E-state index contributed by atoms with van der Waals surface area (Å²) in [5.41, 5.74) is 0.683. The van der Waals surface area contributed by atoms with E-state index in [1.807, 2.05) is 18.2 Å². The van der Waals surface area contributed by atoms with Crippen LogP contribution in [0.3, 0.4) is 0 Å².